The highest BCUT2D eigenvalue weighted by Crippen LogP contribution is 2.25. The zero-order valence-corrected chi connectivity index (χ0v) is 18.0. The maximum Gasteiger partial charge on any atom is 0.272 e. The number of carbonyl (C=O) groups excluding carboxylic acids is 2. The van der Waals surface area contributed by atoms with Gasteiger partial charge in [0.2, 0.25) is 0 Å². The highest BCUT2D eigenvalue weighted by molar-refractivity contribution is 6.34. The first kappa shape index (κ1) is 23.1. The number of aromatic nitrogens is 2. The Morgan fingerprint density at radius 3 is 2.65 bits per heavy atom. The van der Waals surface area contributed by atoms with E-state index in [1.54, 1.807) is 7.11 Å². The first-order chi connectivity index (χ1) is 14.9. The smallest absolute Gasteiger partial charge is 0.272 e. The van der Waals surface area contributed by atoms with Gasteiger partial charge in [0.05, 0.1) is 10.6 Å². The molecule has 31 heavy (non-hydrogen) atoms. The number of H-pyrrole nitrogens is 1. The fourth-order valence-electron chi connectivity index (χ4n) is 3.75. The minimum Gasteiger partial charge on any atom is -0.385 e. The molecule has 1 aliphatic rings. The molecule has 2 aromatic rings. The van der Waals surface area contributed by atoms with Gasteiger partial charge in [-0.15, -0.1) is 0 Å². The zero-order valence-electron chi connectivity index (χ0n) is 17.2. The normalized spacial score (nSPS) is 14.5. The van der Waals surface area contributed by atoms with Crippen LogP contribution in [-0.4, -0.2) is 53.2 Å². The van der Waals surface area contributed by atoms with Crippen LogP contribution in [0.3, 0.4) is 0 Å². The van der Waals surface area contributed by atoms with Crippen molar-refractivity contribution >= 4 is 29.2 Å². The average molecular weight is 455 g/mol. The molecule has 2 amide bonds. The molecular weight excluding hydrogens is 430 g/mol. The summed E-state index contributed by atoms with van der Waals surface area (Å²) >= 11 is 5.84. The van der Waals surface area contributed by atoms with Gasteiger partial charge in [0.1, 0.15) is 5.69 Å². The average Bonchev–Trinajstić information content (AvgIpc) is 3.22. The number of nitrogens with zero attached hydrogens (tertiary/aromatic N) is 2. The van der Waals surface area contributed by atoms with E-state index in [4.69, 9.17) is 16.3 Å². The van der Waals surface area contributed by atoms with Crippen LogP contribution in [0.2, 0.25) is 5.02 Å². The van der Waals surface area contributed by atoms with Crippen LogP contribution >= 0.6 is 11.6 Å². The summed E-state index contributed by atoms with van der Waals surface area (Å²) in [5.74, 6) is -3.23. The monoisotopic (exact) mass is 454 g/mol. The number of carbonyl (C=O) groups is 2. The lowest BCUT2D eigenvalue weighted by Crippen LogP contribution is -2.42. The van der Waals surface area contributed by atoms with Crippen LogP contribution in [0.1, 0.15) is 59.4 Å². The molecule has 1 fully saturated rings. The van der Waals surface area contributed by atoms with Crippen LogP contribution in [0.5, 0.6) is 0 Å². The molecule has 1 aromatic heterocycles. The number of hydrogen-bond acceptors (Lipinski definition) is 4. The van der Waals surface area contributed by atoms with Gasteiger partial charge in [-0.1, -0.05) is 30.9 Å². The SMILES string of the molecule is COCCCN(C(=O)c1cc(NC(=O)c2cc(F)c(F)cc2Cl)n[nH]1)C1CCCCC1. The number of methoxy groups -OCH3 is 1. The summed E-state index contributed by atoms with van der Waals surface area (Å²) in [6.45, 7) is 1.11. The van der Waals surface area contributed by atoms with Gasteiger partial charge in [-0.3, -0.25) is 14.7 Å². The van der Waals surface area contributed by atoms with Crippen molar-refractivity contribution in [1.82, 2.24) is 15.1 Å². The maximum absolute atomic E-state index is 13.5. The quantitative estimate of drug-likeness (QED) is 0.457. The third-order valence-electron chi connectivity index (χ3n) is 5.33. The summed E-state index contributed by atoms with van der Waals surface area (Å²) in [5.41, 5.74) is -0.00508. The van der Waals surface area contributed by atoms with Gasteiger partial charge in [0.15, 0.2) is 17.5 Å². The molecule has 0 aliphatic heterocycles. The predicted molar refractivity (Wildman–Crippen MR) is 112 cm³/mol. The Morgan fingerprint density at radius 2 is 1.94 bits per heavy atom. The van der Waals surface area contributed by atoms with Gasteiger partial charge in [-0.05, 0) is 31.4 Å². The predicted octanol–water partition coefficient (Wildman–Crippen LogP) is 4.41. The summed E-state index contributed by atoms with van der Waals surface area (Å²) in [5, 5.41) is 8.82. The van der Waals surface area contributed by atoms with Crippen LogP contribution in [0.15, 0.2) is 18.2 Å². The number of ether oxygens (including phenoxy) is 1. The summed E-state index contributed by atoms with van der Waals surface area (Å²) < 4.78 is 31.8. The van der Waals surface area contributed by atoms with Crippen LogP contribution in [0.25, 0.3) is 0 Å². The third kappa shape index (κ3) is 5.80. The lowest BCUT2D eigenvalue weighted by Gasteiger charge is -2.34. The molecule has 1 aliphatic carbocycles. The van der Waals surface area contributed by atoms with Crippen LogP contribution < -0.4 is 5.32 Å². The zero-order chi connectivity index (χ0) is 22.4. The molecule has 2 N–H and O–H groups in total. The number of rotatable bonds is 8. The molecule has 1 aromatic carbocycles. The van der Waals surface area contributed by atoms with E-state index in [1.165, 1.54) is 12.5 Å². The minimum absolute atomic E-state index is 0.0784. The molecule has 0 bridgehead atoms. The topological polar surface area (TPSA) is 87.3 Å². The molecule has 168 valence electrons. The van der Waals surface area contributed by atoms with Crippen molar-refractivity contribution < 1.29 is 23.1 Å². The molecule has 0 saturated heterocycles. The van der Waals surface area contributed by atoms with E-state index in [2.05, 4.69) is 15.5 Å². The second-order valence-electron chi connectivity index (χ2n) is 7.50. The van der Waals surface area contributed by atoms with E-state index in [-0.39, 0.29) is 34.0 Å². The molecule has 0 spiro atoms. The van der Waals surface area contributed by atoms with E-state index in [0.717, 1.165) is 31.7 Å². The number of hydrogen-bond donors (Lipinski definition) is 2. The first-order valence-electron chi connectivity index (χ1n) is 10.2. The fraction of sp³-hybridized carbons (Fsp3) is 0.476. The number of benzene rings is 1. The van der Waals surface area contributed by atoms with Gasteiger partial charge in [-0.25, -0.2) is 8.78 Å². The van der Waals surface area contributed by atoms with E-state index in [1.807, 2.05) is 4.90 Å². The van der Waals surface area contributed by atoms with Crippen molar-refractivity contribution in [1.29, 1.82) is 0 Å². The molecular formula is C21H25ClF2N4O3. The second-order valence-corrected chi connectivity index (χ2v) is 7.91. The molecule has 0 radical (unpaired) electrons. The molecule has 3 rings (SSSR count). The number of aromatic amines is 1. The molecule has 10 heteroatoms. The standard InChI is InChI=1S/C21H25ClF2N4O3/c1-31-9-5-8-28(13-6-3-2-4-7-13)21(30)18-12-19(27-26-18)25-20(29)14-10-16(23)17(24)11-15(14)22/h10-13H,2-9H2,1H3,(H2,25,26,27,29). The van der Waals surface area contributed by atoms with Gasteiger partial charge in [0, 0.05) is 32.4 Å². The molecule has 1 saturated carbocycles. The highest BCUT2D eigenvalue weighted by atomic mass is 35.5. The summed E-state index contributed by atoms with van der Waals surface area (Å²) in [6.07, 6.45) is 5.95. The lowest BCUT2D eigenvalue weighted by atomic mass is 9.94. The maximum atomic E-state index is 13.5. The fourth-order valence-corrected chi connectivity index (χ4v) is 3.99. The van der Waals surface area contributed by atoms with Crippen LogP contribution in [0.4, 0.5) is 14.6 Å². The Labute approximate surface area is 184 Å². The number of anilines is 1. The summed E-state index contributed by atoms with van der Waals surface area (Å²) in [7, 11) is 1.62. The van der Waals surface area contributed by atoms with Crippen molar-refractivity contribution in [2.75, 3.05) is 25.6 Å². The Balaban J connectivity index is 1.72. The van der Waals surface area contributed by atoms with Crippen molar-refractivity contribution in [3.8, 4) is 0 Å². The van der Waals surface area contributed by atoms with Gasteiger partial charge in [0.25, 0.3) is 11.8 Å². The molecule has 0 unspecified atom stereocenters. The van der Waals surface area contributed by atoms with E-state index < -0.39 is 17.5 Å². The van der Waals surface area contributed by atoms with E-state index in [9.17, 15) is 18.4 Å². The molecule has 0 atom stereocenters. The summed E-state index contributed by atoms with van der Waals surface area (Å²) in [4.78, 5) is 27.4. The van der Waals surface area contributed by atoms with Crippen LogP contribution in [0, 0.1) is 11.6 Å². The first-order valence-corrected chi connectivity index (χ1v) is 10.6. The van der Waals surface area contributed by atoms with E-state index in [0.29, 0.717) is 25.6 Å². The third-order valence-corrected chi connectivity index (χ3v) is 5.64. The molecule has 1 heterocycles. The highest BCUT2D eigenvalue weighted by Gasteiger charge is 2.27. The van der Waals surface area contributed by atoms with Crippen LogP contribution in [-0.2, 0) is 4.74 Å². The Hall–Kier alpha value is -2.52. The molecule has 7 nitrogen and oxygen atoms in total. The number of amides is 2. The number of nitrogens with one attached hydrogen (secondary N) is 2. The van der Waals surface area contributed by atoms with Gasteiger partial charge in [-0.2, -0.15) is 5.10 Å². The lowest BCUT2D eigenvalue weighted by molar-refractivity contribution is 0.0602. The Bertz CT molecular complexity index is 931. The second kappa shape index (κ2) is 10.7. The number of halogens is 3. The Morgan fingerprint density at radius 1 is 1.23 bits per heavy atom. The summed E-state index contributed by atoms with van der Waals surface area (Å²) in [6, 6.07) is 3.01. The van der Waals surface area contributed by atoms with Crippen molar-refractivity contribution in [3.63, 3.8) is 0 Å². The van der Waals surface area contributed by atoms with Gasteiger partial charge >= 0.3 is 0 Å². The van der Waals surface area contributed by atoms with Crippen molar-refractivity contribution in [2.24, 2.45) is 0 Å². The Kier molecular flexibility index (Phi) is 7.97. The minimum atomic E-state index is -1.19. The van der Waals surface area contributed by atoms with Crippen molar-refractivity contribution in [2.45, 2.75) is 44.6 Å². The van der Waals surface area contributed by atoms with E-state index >= 15 is 0 Å². The van der Waals surface area contributed by atoms with Gasteiger partial charge < -0.3 is 15.0 Å². The largest absolute Gasteiger partial charge is 0.385 e. The van der Waals surface area contributed by atoms with Crippen molar-refractivity contribution in [3.05, 3.63) is 46.1 Å².